The van der Waals surface area contributed by atoms with Gasteiger partial charge in [-0.3, -0.25) is 0 Å². The summed E-state index contributed by atoms with van der Waals surface area (Å²) in [5, 5.41) is 16.9. The number of para-hydroxylation sites is 1. The number of phenolic OH excluding ortho intramolecular Hbond substituents is 1. The van der Waals surface area contributed by atoms with Gasteiger partial charge in [0, 0.05) is 6.08 Å². The Morgan fingerprint density at radius 1 is 0.889 bits per heavy atom. The van der Waals surface area contributed by atoms with Crippen molar-refractivity contribution in [3.8, 4) is 5.75 Å². The zero-order valence-corrected chi connectivity index (χ0v) is 9.73. The zero-order chi connectivity index (χ0) is 13.2. The lowest BCUT2D eigenvalue weighted by Gasteiger charge is -1.87. The first kappa shape index (κ1) is 13.5. The van der Waals surface area contributed by atoms with E-state index in [-0.39, 0.29) is 0 Å². The van der Waals surface area contributed by atoms with Crippen LogP contribution < -0.4 is 0 Å². The van der Waals surface area contributed by atoms with Crippen LogP contribution in [0.25, 0.3) is 6.08 Å². The third-order valence-corrected chi connectivity index (χ3v) is 1.97. The molecule has 0 saturated heterocycles. The maximum absolute atomic E-state index is 10.1. The Balaban J connectivity index is 0.000000199. The molecule has 0 unspecified atom stereocenters. The fraction of sp³-hybridized carbons (Fsp3) is 0. The number of rotatable bonds is 2. The van der Waals surface area contributed by atoms with Crippen LogP contribution in [-0.4, -0.2) is 16.2 Å². The van der Waals surface area contributed by atoms with Crippen LogP contribution in [0.3, 0.4) is 0 Å². The van der Waals surface area contributed by atoms with Crippen LogP contribution in [0.15, 0.2) is 66.7 Å². The lowest BCUT2D eigenvalue weighted by molar-refractivity contribution is -0.131. The molecule has 0 fully saturated rings. The Bertz CT molecular complexity index is 490. The average molecular weight is 242 g/mol. The summed E-state index contributed by atoms with van der Waals surface area (Å²) < 4.78 is 0. The maximum atomic E-state index is 10.1. The summed E-state index contributed by atoms with van der Waals surface area (Å²) >= 11 is 0. The maximum Gasteiger partial charge on any atom is 0.328 e. The van der Waals surface area contributed by atoms with Crippen molar-refractivity contribution in [3.05, 3.63) is 72.3 Å². The van der Waals surface area contributed by atoms with E-state index in [4.69, 9.17) is 10.2 Å². The van der Waals surface area contributed by atoms with E-state index < -0.39 is 5.97 Å². The van der Waals surface area contributed by atoms with Gasteiger partial charge in [0.2, 0.25) is 0 Å². The molecular weight excluding hydrogens is 228 g/mol. The zero-order valence-electron chi connectivity index (χ0n) is 9.73. The van der Waals surface area contributed by atoms with Gasteiger partial charge in [0.15, 0.2) is 0 Å². The molecule has 2 aromatic rings. The molecule has 0 atom stereocenters. The molecule has 18 heavy (non-hydrogen) atoms. The molecule has 0 aliphatic heterocycles. The van der Waals surface area contributed by atoms with Crippen molar-refractivity contribution in [3.63, 3.8) is 0 Å². The number of carboxylic acids is 1. The quantitative estimate of drug-likeness (QED) is 0.795. The van der Waals surface area contributed by atoms with Crippen molar-refractivity contribution >= 4 is 12.0 Å². The molecule has 0 heterocycles. The summed E-state index contributed by atoms with van der Waals surface area (Å²) in [6.07, 6.45) is 2.68. The van der Waals surface area contributed by atoms with Crippen molar-refractivity contribution in [2.45, 2.75) is 0 Å². The number of carboxylic acid groups (broad SMARTS) is 1. The third-order valence-electron chi connectivity index (χ3n) is 1.97. The van der Waals surface area contributed by atoms with Crippen LogP contribution >= 0.6 is 0 Å². The lowest BCUT2D eigenvalue weighted by atomic mass is 10.2. The first-order chi connectivity index (χ1) is 8.68. The molecule has 3 heteroatoms. The topological polar surface area (TPSA) is 57.5 Å². The van der Waals surface area contributed by atoms with Gasteiger partial charge in [0.1, 0.15) is 5.75 Å². The fourth-order valence-corrected chi connectivity index (χ4v) is 1.16. The van der Waals surface area contributed by atoms with Gasteiger partial charge in [0.25, 0.3) is 0 Å². The molecule has 2 rings (SSSR count). The molecule has 0 aliphatic carbocycles. The molecule has 92 valence electrons. The van der Waals surface area contributed by atoms with E-state index in [0.717, 1.165) is 11.6 Å². The predicted molar refractivity (Wildman–Crippen MR) is 71.2 cm³/mol. The van der Waals surface area contributed by atoms with Crippen LogP contribution in [0.2, 0.25) is 0 Å². The van der Waals surface area contributed by atoms with Crippen LogP contribution in [-0.2, 0) is 4.79 Å². The molecule has 0 radical (unpaired) electrons. The summed E-state index contributed by atoms with van der Waals surface area (Å²) in [6.45, 7) is 0. The molecule has 2 N–H and O–H groups in total. The summed E-state index contributed by atoms with van der Waals surface area (Å²) in [5.74, 6) is -0.601. The highest BCUT2D eigenvalue weighted by Gasteiger charge is 1.85. The molecule has 3 nitrogen and oxygen atoms in total. The fourth-order valence-electron chi connectivity index (χ4n) is 1.16. The lowest BCUT2D eigenvalue weighted by Crippen LogP contribution is -1.85. The van der Waals surface area contributed by atoms with E-state index in [1.54, 1.807) is 30.3 Å². The van der Waals surface area contributed by atoms with E-state index in [0.29, 0.717) is 5.75 Å². The molecule has 0 bridgehead atoms. The molecule has 2 aromatic carbocycles. The summed E-state index contributed by atoms with van der Waals surface area (Å²) in [6, 6.07) is 18.0. The van der Waals surface area contributed by atoms with Crippen LogP contribution in [0.1, 0.15) is 5.56 Å². The van der Waals surface area contributed by atoms with Crippen molar-refractivity contribution in [1.29, 1.82) is 0 Å². The minimum Gasteiger partial charge on any atom is -0.508 e. The highest BCUT2D eigenvalue weighted by molar-refractivity contribution is 5.85. The number of aromatic hydroxyl groups is 1. The van der Waals surface area contributed by atoms with Crippen molar-refractivity contribution in [2.24, 2.45) is 0 Å². The molecule has 0 saturated carbocycles. The van der Waals surface area contributed by atoms with Gasteiger partial charge in [-0.15, -0.1) is 0 Å². The first-order valence-corrected chi connectivity index (χ1v) is 5.38. The Morgan fingerprint density at radius 2 is 1.39 bits per heavy atom. The normalized spacial score (nSPS) is 9.56. The molecule has 0 aliphatic rings. The molecule has 0 spiro atoms. The van der Waals surface area contributed by atoms with Gasteiger partial charge in [-0.05, 0) is 23.8 Å². The Kier molecular flexibility index (Phi) is 5.77. The van der Waals surface area contributed by atoms with E-state index in [2.05, 4.69) is 0 Å². The third kappa shape index (κ3) is 6.12. The van der Waals surface area contributed by atoms with Gasteiger partial charge in [-0.25, -0.2) is 4.79 Å². The van der Waals surface area contributed by atoms with E-state index in [1.165, 1.54) is 0 Å². The monoisotopic (exact) mass is 242 g/mol. The number of carbonyl (C=O) groups is 1. The molecular formula is C15H14O3. The number of benzene rings is 2. The SMILES string of the molecule is O=C(O)C=Cc1ccccc1.Oc1ccccc1. The van der Waals surface area contributed by atoms with Crippen molar-refractivity contribution < 1.29 is 15.0 Å². The first-order valence-electron chi connectivity index (χ1n) is 5.38. The second-order valence-electron chi connectivity index (χ2n) is 3.42. The number of phenols is 1. The van der Waals surface area contributed by atoms with Gasteiger partial charge in [-0.2, -0.15) is 0 Å². The standard InChI is InChI=1S/C9H8O2.C6H6O/c10-9(11)7-6-8-4-2-1-3-5-8;7-6-4-2-1-3-5-6/h1-7H,(H,10,11);1-5,7H. The Labute approximate surface area is 106 Å². The summed E-state index contributed by atoms with van der Waals surface area (Å²) in [4.78, 5) is 10.1. The number of hydrogen-bond acceptors (Lipinski definition) is 2. The Hall–Kier alpha value is -2.55. The molecule has 0 aromatic heterocycles. The number of aliphatic carboxylic acids is 1. The van der Waals surface area contributed by atoms with Crippen LogP contribution in [0.4, 0.5) is 0 Å². The van der Waals surface area contributed by atoms with E-state index >= 15 is 0 Å². The highest BCUT2D eigenvalue weighted by Crippen LogP contribution is 2.02. The van der Waals surface area contributed by atoms with Crippen LogP contribution in [0, 0.1) is 0 Å². The molecule has 0 amide bonds. The Morgan fingerprint density at radius 3 is 1.78 bits per heavy atom. The highest BCUT2D eigenvalue weighted by atomic mass is 16.4. The second kappa shape index (κ2) is 7.68. The second-order valence-corrected chi connectivity index (χ2v) is 3.42. The van der Waals surface area contributed by atoms with E-state index in [9.17, 15) is 4.79 Å². The van der Waals surface area contributed by atoms with Gasteiger partial charge in [-0.1, -0.05) is 48.5 Å². The van der Waals surface area contributed by atoms with Gasteiger partial charge < -0.3 is 10.2 Å². The van der Waals surface area contributed by atoms with E-state index in [1.807, 2.05) is 36.4 Å². The predicted octanol–water partition coefficient (Wildman–Crippen LogP) is 3.18. The smallest absolute Gasteiger partial charge is 0.328 e. The van der Waals surface area contributed by atoms with Crippen LogP contribution in [0.5, 0.6) is 5.75 Å². The van der Waals surface area contributed by atoms with Crippen molar-refractivity contribution in [2.75, 3.05) is 0 Å². The van der Waals surface area contributed by atoms with Gasteiger partial charge >= 0.3 is 5.97 Å². The minimum atomic E-state index is -0.922. The van der Waals surface area contributed by atoms with Gasteiger partial charge in [0.05, 0.1) is 0 Å². The summed E-state index contributed by atoms with van der Waals surface area (Å²) in [7, 11) is 0. The number of hydrogen-bond donors (Lipinski definition) is 2. The van der Waals surface area contributed by atoms with Crippen molar-refractivity contribution in [1.82, 2.24) is 0 Å². The largest absolute Gasteiger partial charge is 0.508 e. The minimum absolute atomic E-state index is 0.322. The summed E-state index contributed by atoms with van der Waals surface area (Å²) in [5.41, 5.74) is 0.898. The average Bonchev–Trinajstić information content (AvgIpc) is 2.39.